The van der Waals surface area contributed by atoms with E-state index in [1.165, 1.54) is 31.3 Å². The molecule has 2 aromatic rings. The first-order valence-corrected chi connectivity index (χ1v) is 8.30. The molecule has 0 atom stereocenters. The number of amides is 1. The number of hydrogen-bond donors (Lipinski definition) is 2. The maximum Gasteiger partial charge on any atom is 0.224 e. The normalized spacial score (nSPS) is 14.9. The summed E-state index contributed by atoms with van der Waals surface area (Å²) in [7, 11) is 0. The van der Waals surface area contributed by atoms with Crippen LogP contribution >= 0.6 is 11.6 Å². The van der Waals surface area contributed by atoms with Gasteiger partial charge in [0.15, 0.2) is 0 Å². The third kappa shape index (κ3) is 3.72. The number of hydrogen-bond acceptors (Lipinski definition) is 1. The summed E-state index contributed by atoms with van der Waals surface area (Å²) in [5, 5.41) is 4.79. The van der Waals surface area contributed by atoms with Crippen LogP contribution < -0.4 is 5.32 Å². The number of aromatic nitrogens is 1. The van der Waals surface area contributed by atoms with Crippen molar-refractivity contribution in [3.8, 4) is 0 Å². The Morgan fingerprint density at radius 3 is 3.05 bits per heavy atom. The summed E-state index contributed by atoms with van der Waals surface area (Å²) in [6.07, 6.45) is 10.6. The zero-order chi connectivity index (χ0) is 15.4. The lowest BCUT2D eigenvalue weighted by Gasteiger charge is -2.12. The van der Waals surface area contributed by atoms with E-state index in [2.05, 4.69) is 16.4 Å². The fourth-order valence-electron chi connectivity index (χ4n) is 3.03. The van der Waals surface area contributed by atoms with Crippen LogP contribution in [-0.4, -0.2) is 17.4 Å². The predicted molar refractivity (Wildman–Crippen MR) is 91.2 cm³/mol. The molecular weight excluding hydrogens is 296 g/mol. The maximum absolute atomic E-state index is 12.1. The average molecular weight is 317 g/mol. The SMILES string of the molecule is O=C(Cc1c[nH]c2cc(Cl)ccc12)NCCC1=CCCCC1. The molecule has 0 spiro atoms. The second-order valence-electron chi connectivity index (χ2n) is 5.89. The van der Waals surface area contributed by atoms with Gasteiger partial charge in [0.05, 0.1) is 6.42 Å². The van der Waals surface area contributed by atoms with Crippen molar-refractivity contribution in [3.05, 3.63) is 46.6 Å². The molecule has 1 amide bonds. The van der Waals surface area contributed by atoms with Crippen LogP contribution in [-0.2, 0) is 11.2 Å². The van der Waals surface area contributed by atoms with Crippen molar-refractivity contribution in [2.45, 2.75) is 38.5 Å². The smallest absolute Gasteiger partial charge is 0.224 e. The van der Waals surface area contributed by atoms with E-state index in [1.807, 2.05) is 24.4 Å². The standard InChI is InChI=1S/C18H21ClN2O/c19-15-6-7-16-14(12-21-17(16)11-15)10-18(22)20-9-8-13-4-2-1-3-5-13/h4,6-7,11-12,21H,1-3,5,8-10H2,(H,20,22). The van der Waals surface area contributed by atoms with Crippen LogP contribution in [0.25, 0.3) is 10.9 Å². The Morgan fingerprint density at radius 2 is 2.23 bits per heavy atom. The van der Waals surface area contributed by atoms with E-state index in [4.69, 9.17) is 11.6 Å². The zero-order valence-electron chi connectivity index (χ0n) is 12.6. The predicted octanol–water partition coefficient (Wildman–Crippen LogP) is 4.37. The van der Waals surface area contributed by atoms with Crippen LogP contribution in [0, 0.1) is 0 Å². The molecule has 0 saturated heterocycles. The van der Waals surface area contributed by atoms with Gasteiger partial charge >= 0.3 is 0 Å². The van der Waals surface area contributed by atoms with Gasteiger partial charge in [-0.15, -0.1) is 0 Å². The van der Waals surface area contributed by atoms with Crippen LogP contribution in [0.15, 0.2) is 36.0 Å². The second-order valence-corrected chi connectivity index (χ2v) is 6.33. The number of aromatic amines is 1. The molecule has 22 heavy (non-hydrogen) atoms. The highest BCUT2D eigenvalue weighted by atomic mass is 35.5. The molecule has 1 aromatic carbocycles. The number of carbonyl (C=O) groups excluding carboxylic acids is 1. The molecular formula is C18H21ClN2O. The molecule has 3 nitrogen and oxygen atoms in total. The number of benzene rings is 1. The molecule has 116 valence electrons. The molecule has 1 aliphatic carbocycles. The highest BCUT2D eigenvalue weighted by Gasteiger charge is 2.09. The lowest BCUT2D eigenvalue weighted by Crippen LogP contribution is -2.26. The number of carbonyl (C=O) groups is 1. The van der Waals surface area contributed by atoms with E-state index in [1.54, 1.807) is 0 Å². The van der Waals surface area contributed by atoms with Gasteiger partial charge in [-0.1, -0.05) is 29.3 Å². The van der Waals surface area contributed by atoms with Crippen molar-refractivity contribution in [2.24, 2.45) is 0 Å². The van der Waals surface area contributed by atoms with Crippen LogP contribution in [0.1, 0.15) is 37.7 Å². The van der Waals surface area contributed by atoms with E-state index in [0.29, 0.717) is 11.4 Å². The van der Waals surface area contributed by atoms with E-state index in [-0.39, 0.29) is 5.91 Å². The minimum Gasteiger partial charge on any atom is -0.361 e. The Bertz CT molecular complexity index is 702. The van der Waals surface area contributed by atoms with Crippen LogP contribution in [0.2, 0.25) is 5.02 Å². The number of nitrogens with one attached hydrogen (secondary N) is 2. The van der Waals surface area contributed by atoms with Crippen LogP contribution in [0.4, 0.5) is 0 Å². The molecule has 0 fully saturated rings. The van der Waals surface area contributed by atoms with Crippen molar-refractivity contribution in [3.63, 3.8) is 0 Å². The van der Waals surface area contributed by atoms with Gasteiger partial charge in [0.2, 0.25) is 5.91 Å². The largest absolute Gasteiger partial charge is 0.361 e. The first-order chi connectivity index (χ1) is 10.7. The highest BCUT2D eigenvalue weighted by Crippen LogP contribution is 2.22. The Balaban J connectivity index is 1.53. The molecule has 4 heteroatoms. The minimum absolute atomic E-state index is 0.0762. The van der Waals surface area contributed by atoms with Crippen molar-refractivity contribution >= 4 is 28.4 Å². The van der Waals surface area contributed by atoms with Crippen molar-refractivity contribution in [2.75, 3.05) is 6.54 Å². The summed E-state index contributed by atoms with van der Waals surface area (Å²) in [5.41, 5.74) is 3.48. The average Bonchev–Trinajstić information content (AvgIpc) is 2.90. The molecule has 1 aromatic heterocycles. The number of halogens is 1. The molecule has 0 bridgehead atoms. The third-order valence-electron chi connectivity index (χ3n) is 4.23. The molecule has 3 rings (SSSR count). The van der Waals surface area contributed by atoms with Crippen LogP contribution in [0.3, 0.4) is 0 Å². The summed E-state index contributed by atoms with van der Waals surface area (Å²) in [5.74, 6) is 0.0762. The Morgan fingerprint density at radius 1 is 1.32 bits per heavy atom. The van der Waals surface area contributed by atoms with E-state index >= 15 is 0 Å². The van der Waals surface area contributed by atoms with E-state index < -0.39 is 0 Å². The summed E-state index contributed by atoms with van der Waals surface area (Å²) >= 11 is 5.97. The maximum atomic E-state index is 12.1. The molecule has 1 aliphatic rings. The third-order valence-corrected chi connectivity index (χ3v) is 4.47. The Labute approximate surface area is 135 Å². The van der Waals surface area contributed by atoms with E-state index in [9.17, 15) is 4.79 Å². The molecule has 0 saturated carbocycles. The van der Waals surface area contributed by atoms with Gasteiger partial charge in [0, 0.05) is 28.7 Å². The van der Waals surface area contributed by atoms with Crippen LogP contribution in [0.5, 0.6) is 0 Å². The number of H-pyrrole nitrogens is 1. The fourth-order valence-corrected chi connectivity index (χ4v) is 3.21. The Kier molecular flexibility index (Phi) is 4.84. The summed E-state index contributed by atoms with van der Waals surface area (Å²) < 4.78 is 0. The number of fused-ring (bicyclic) bond motifs is 1. The fraction of sp³-hybridized carbons (Fsp3) is 0.389. The van der Waals surface area contributed by atoms with Gasteiger partial charge in [-0.3, -0.25) is 4.79 Å². The van der Waals surface area contributed by atoms with E-state index in [0.717, 1.165) is 29.4 Å². The highest BCUT2D eigenvalue weighted by molar-refractivity contribution is 6.31. The molecule has 0 aliphatic heterocycles. The summed E-state index contributed by atoms with van der Waals surface area (Å²) in [4.78, 5) is 15.3. The molecule has 0 unspecified atom stereocenters. The van der Waals surface area contributed by atoms with Gasteiger partial charge in [0.1, 0.15) is 0 Å². The molecule has 1 heterocycles. The zero-order valence-corrected chi connectivity index (χ0v) is 13.4. The number of rotatable bonds is 5. The van der Waals surface area contributed by atoms with Crippen molar-refractivity contribution < 1.29 is 4.79 Å². The first kappa shape index (κ1) is 15.2. The molecule has 0 radical (unpaired) electrons. The van der Waals surface area contributed by atoms with Gasteiger partial charge in [-0.2, -0.15) is 0 Å². The topological polar surface area (TPSA) is 44.9 Å². The van der Waals surface area contributed by atoms with Gasteiger partial charge in [-0.05, 0) is 49.8 Å². The molecule has 2 N–H and O–H groups in total. The quantitative estimate of drug-likeness (QED) is 0.790. The number of allylic oxidation sites excluding steroid dienone is 1. The first-order valence-electron chi connectivity index (χ1n) is 7.92. The minimum atomic E-state index is 0.0762. The second kappa shape index (κ2) is 7.01. The lowest BCUT2D eigenvalue weighted by molar-refractivity contribution is -0.120. The van der Waals surface area contributed by atoms with Gasteiger partial charge in [-0.25, -0.2) is 0 Å². The lowest BCUT2D eigenvalue weighted by atomic mass is 9.97. The monoisotopic (exact) mass is 316 g/mol. The summed E-state index contributed by atoms with van der Waals surface area (Å²) in [6, 6.07) is 5.70. The Hall–Kier alpha value is -1.74. The van der Waals surface area contributed by atoms with Crippen molar-refractivity contribution in [1.29, 1.82) is 0 Å². The van der Waals surface area contributed by atoms with Gasteiger partial charge in [0.25, 0.3) is 0 Å². The van der Waals surface area contributed by atoms with Gasteiger partial charge < -0.3 is 10.3 Å². The summed E-state index contributed by atoms with van der Waals surface area (Å²) in [6.45, 7) is 0.735. The van der Waals surface area contributed by atoms with Crippen molar-refractivity contribution in [1.82, 2.24) is 10.3 Å².